The SMILES string of the molecule is CC(C)CNC(=O)[C@@H](c1ccccc1)n1c(Cc2ccccc2)nc2ccccc21. The molecular weight excluding hydrogens is 370 g/mol. The van der Waals surface area contributed by atoms with Gasteiger partial charge in [-0.1, -0.05) is 86.6 Å². The molecule has 0 spiro atoms. The lowest BCUT2D eigenvalue weighted by Crippen LogP contribution is -2.36. The number of carbonyl (C=O) groups is 1. The van der Waals surface area contributed by atoms with Gasteiger partial charge in [0.2, 0.25) is 5.91 Å². The van der Waals surface area contributed by atoms with Crippen molar-refractivity contribution in [3.63, 3.8) is 0 Å². The molecule has 1 atom stereocenters. The Morgan fingerprint density at radius 2 is 1.53 bits per heavy atom. The van der Waals surface area contributed by atoms with Gasteiger partial charge in [0.05, 0.1) is 11.0 Å². The molecule has 0 saturated heterocycles. The number of nitrogens with one attached hydrogen (secondary N) is 1. The van der Waals surface area contributed by atoms with Crippen molar-refractivity contribution in [2.45, 2.75) is 26.3 Å². The van der Waals surface area contributed by atoms with E-state index in [4.69, 9.17) is 4.98 Å². The average Bonchev–Trinajstić information content (AvgIpc) is 3.12. The van der Waals surface area contributed by atoms with Crippen molar-refractivity contribution < 1.29 is 4.79 Å². The first-order chi connectivity index (χ1) is 14.6. The molecule has 4 aromatic rings. The van der Waals surface area contributed by atoms with Crippen molar-refractivity contribution >= 4 is 16.9 Å². The van der Waals surface area contributed by atoms with Crippen molar-refractivity contribution in [1.82, 2.24) is 14.9 Å². The van der Waals surface area contributed by atoms with Crippen LogP contribution in [0.2, 0.25) is 0 Å². The molecule has 1 heterocycles. The minimum Gasteiger partial charge on any atom is -0.354 e. The predicted molar refractivity (Wildman–Crippen MR) is 121 cm³/mol. The first-order valence-electron chi connectivity index (χ1n) is 10.5. The first-order valence-corrected chi connectivity index (χ1v) is 10.5. The molecule has 1 aromatic heterocycles. The number of fused-ring (bicyclic) bond motifs is 1. The van der Waals surface area contributed by atoms with Crippen molar-refractivity contribution in [1.29, 1.82) is 0 Å². The zero-order valence-electron chi connectivity index (χ0n) is 17.5. The Balaban J connectivity index is 1.85. The van der Waals surface area contributed by atoms with E-state index >= 15 is 0 Å². The van der Waals surface area contributed by atoms with Gasteiger partial charge >= 0.3 is 0 Å². The molecule has 4 rings (SSSR count). The van der Waals surface area contributed by atoms with Crippen molar-refractivity contribution in [3.05, 3.63) is 102 Å². The second-order valence-electron chi connectivity index (χ2n) is 8.00. The molecule has 1 N–H and O–H groups in total. The Kier molecular flexibility index (Phi) is 5.94. The largest absolute Gasteiger partial charge is 0.354 e. The highest BCUT2D eigenvalue weighted by atomic mass is 16.2. The van der Waals surface area contributed by atoms with Crippen LogP contribution in [0.1, 0.15) is 36.8 Å². The summed E-state index contributed by atoms with van der Waals surface area (Å²) < 4.78 is 2.10. The minimum absolute atomic E-state index is 0.00707. The van der Waals surface area contributed by atoms with Crippen LogP contribution in [0.3, 0.4) is 0 Å². The van der Waals surface area contributed by atoms with E-state index in [0.717, 1.165) is 22.4 Å². The summed E-state index contributed by atoms with van der Waals surface area (Å²) in [5.41, 5.74) is 4.00. The zero-order valence-corrected chi connectivity index (χ0v) is 17.5. The van der Waals surface area contributed by atoms with Crippen LogP contribution in [0.4, 0.5) is 0 Å². The van der Waals surface area contributed by atoms with Crippen LogP contribution in [0.5, 0.6) is 0 Å². The summed E-state index contributed by atoms with van der Waals surface area (Å²) >= 11 is 0. The van der Waals surface area contributed by atoms with Gasteiger partial charge in [0.1, 0.15) is 11.9 Å². The number of benzene rings is 3. The van der Waals surface area contributed by atoms with Gasteiger partial charge in [0.15, 0.2) is 0 Å². The molecule has 30 heavy (non-hydrogen) atoms. The molecule has 0 aliphatic heterocycles. The van der Waals surface area contributed by atoms with E-state index in [9.17, 15) is 4.79 Å². The number of aromatic nitrogens is 2. The number of rotatable bonds is 7. The lowest BCUT2D eigenvalue weighted by molar-refractivity contribution is -0.123. The summed E-state index contributed by atoms with van der Waals surface area (Å²) in [6.45, 7) is 4.85. The maximum absolute atomic E-state index is 13.4. The van der Waals surface area contributed by atoms with Crippen LogP contribution >= 0.6 is 0 Å². The van der Waals surface area contributed by atoms with Gasteiger partial charge in [-0.05, 0) is 29.2 Å². The fraction of sp³-hybridized carbons (Fsp3) is 0.231. The van der Waals surface area contributed by atoms with Crippen LogP contribution in [-0.2, 0) is 11.2 Å². The molecule has 0 fully saturated rings. The Morgan fingerprint density at radius 1 is 0.900 bits per heavy atom. The standard InChI is InChI=1S/C26H27N3O/c1-19(2)18-27-26(30)25(21-13-7-4-8-14-21)29-23-16-10-9-15-22(23)28-24(29)17-20-11-5-3-6-12-20/h3-16,19,25H,17-18H2,1-2H3,(H,27,30)/t25-/m1/s1. The number of para-hydroxylation sites is 2. The van der Waals surface area contributed by atoms with E-state index in [2.05, 4.69) is 35.9 Å². The third-order valence-corrected chi connectivity index (χ3v) is 5.18. The molecular formula is C26H27N3O. The van der Waals surface area contributed by atoms with E-state index in [1.165, 1.54) is 5.56 Å². The number of hydrogen-bond acceptors (Lipinski definition) is 2. The molecule has 4 heteroatoms. The molecule has 152 valence electrons. The maximum Gasteiger partial charge on any atom is 0.247 e. The van der Waals surface area contributed by atoms with E-state index in [0.29, 0.717) is 18.9 Å². The molecule has 4 nitrogen and oxygen atoms in total. The number of carbonyl (C=O) groups excluding carboxylic acids is 1. The third-order valence-electron chi connectivity index (χ3n) is 5.18. The number of amides is 1. The van der Waals surface area contributed by atoms with Gasteiger partial charge < -0.3 is 9.88 Å². The van der Waals surface area contributed by atoms with Gasteiger partial charge in [-0.2, -0.15) is 0 Å². The first kappa shape index (κ1) is 19.9. The third kappa shape index (κ3) is 4.28. The van der Waals surface area contributed by atoms with Crippen LogP contribution in [-0.4, -0.2) is 22.0 Å². The summed E-state index contributed by atoms with van der Waals surface area (Å²) in [5, 5.41) is 3.14. The van der Waals surface area contributed by atoms with E-state index < -0.39 is 6.04 Å². The topological polar surface area (TPSA) is 46.9 Å². The molecule has 0 bridgehead atoms. The monoisotopic (exact) mass is 397 g/mol. The number of nitrogens with zero attached hydrogens (tertiary/aromatic N) is 2. The molecule has 0 unspecified atom stereocenters. The van der Waals surface area contributed by atoms with Crippen LogP contribution in [0.25, 0.3) is 11.0 Å². The highest BCUT2D eigenvalue weighted by Crippen LogP contribution is 2.28. The van der Waals surface area contributed by atoms with Gasteiger partial charge in [-0.15, -0.1) is 0 Å². The molecule has 0 saturated carbocycles. The summed E-state index contributed by atoms with van der Waals surface area (Å²) in [5.74, 6) is 1.26. The smallest absolute Gasteiger partial charge is 0.247 e. The molecule has 1 amide bonds. The summed E-state index contributed by atoms with van der Waals surface area (Å²) in [7, 11) is 0. The van der Waals surface area contributed by atoms with Gasteiger partial charge in [0.25, 0.3) is 0 Å². The summed E-state index contributed by atoms with van der Waals surface area (Å²) in [6.07, 6.45) is 0.663. The van der Waals surface area contributed by atoms with Crippen LogP contribution in [0, 0.1) is 5.92 Å². The van der Waals surface area contributed by atoms with E-state index in [1.807, 2.05) is 72.8 Å². The second kappa shape index (κ2) is 8.95. The number of hydrogen-bond donors (Lipinski definition) is 1. The Morgan fingerprint density at radius 3 is 2.23 bits per heavy atom. The molecule has 3 aromatic carbocycles. The highest BCUT2D eigenvalue weighted by molar-refractivity contribution is 5.87. The molecule has 0 radical (unpaired) electrons. The van der Waals surface area contributed by atoms with Gasteiger partial charge in [0, 0.05) is 13.0 Å². The lowest BCUT2D eigenvalue weighted by Gasteiger charge is -2.22. The van der Waals surface area contributed by atoms with Crippen LogP contribution < -0.4 is 5.32 Å². The average molecular weight is 398 g/mol. The Labute approximate surface area is 177 Å². The van der Waals surface area contributed by atoms with Gasteiger partial charge in [-0.25, -0.2) is 4.98 Å². The van der Waals surface area contributed by atoms with E-state index in [-0.39, 0.29) is 5.91 Å². The normalized spacial score (nSPS) is 12.2. The highest BCUT2D eigenvalue weighted by Gasteiger charge is 2.27. The van der Waals surface area contributed by atoms with Crippen molar-refractivity contribution in [2.24, 2.45) is 5.92 Å². The fourth-order valence-electron chi connectivity index (χ4n) is 3.74. The molecule has 0 aliphatic rings. The van der Waals surface area contributed by atoms with E-state index in [1.54, 1.807) is 0 Å². The minimum atomic E-state index is -0.476. The fourth-order valence-corrected chi connectivity index (χ4v) is 3.74. The zero-order chi connectivity index (χ0) is 20.9. The lowest BCUT2D eigenvalue weighted by atomic mass is 10.0. The van der Waals surface area contributed by atoms with Gasteiger partial charge in [-0.3, -0.25) is 4.79 Å². The summed E-state index contributed by atoms with van der Waals surface area (Å²) in [4.78, 5) is 18.4. The van der Waals surface area contributed by atoms with Crippen molar-refractivity contribution in [3.8, 4) is 0 Å². The maximum atomic E-state index is 13.4. The summed E-state index contributed by atoms with van der Waals surface area (Å²) in [6, 6.07) is 27.8. The number of imidazole rings is 1. The predicted octanol–water partition coefficient (Wildman–Crippen LogP) is 4.99. The quantitative estimate of drug-likeness (QED) is 0.478. The van der Waals surface area contributed by atoms with Crippen LogP contribution in [0.15, 0.2) is 84.9 Å². The Bertz CT molecular complexity index is 1120. The molecule has 0 aliphatic carbocycles. The van der Waals surface area contributed by atoms with Crippen molar-refractivity contribution in [2.75, 3.05) is 6.54 Å². The second-order valence-corrected chi connectivity index (χ2v) is 8.00. The Hall–Kier alpha value is -3.40.